The van der Waals surface area contributed by atoms with Crippen LogP contribution in [0.5, 0.6) is 0 Å². The fourth-order valence-corrected chi connectivity index (χ4v) is 4.64. The van der Waals surface area contributed by atoms with E-state index in [-0.39, 0.29) is 6.04 Å². The first kappa shape index (κ1) is 16.1. The summed E-state index contributed by atoms with van der Waals surface area (Å²) < 4.78 is 28.5. The number of hydrogen-bond acceptors (Lipinski definition) is 5. The Morgan fingerprint density at radius 2 is 2.05 bits per heavy atom. The van der Waals surface area contributed by atoms with Crippen LogP contribution < -0.4 is 5.73 Å². The molecule has 0 saturated carbocycles. The molecule has 1 atom stereocenters. The number of aromatic nitrogens is 2. The largest absolute Gasteiger partial charge is 0.384 e. The SMILES string of the molecule is CCN(CC)S(=O)(=O)N1CCCC1c1cc(N)nc(C)n1. The van der Waals surface area contributed by atoms with E-state index in [0.29, 0.717) is 37.0 Å². The van der Waals surface area contributed by atoms with Gasteiger partial charge in [-0.3, -0.25) is 0 Å². The van der Waals surface area contributed by atoms with E-state index in [1.165, 1.54) is 4.31 Å². The summed E-state index contributed by atoms with van der Waals surface area (Å²) in [5, 5.41) is 0. The van der Waals surface area contributed by atoms with Gasteiger partial charge in [-0.25, -0.2) is 9.97 Å². The van der Waals surface area contributed by atoms with Crippen molar-refractivity contribution in [3.8, 4) is 0 Å². The van der Waals surface area contributed by atoms with E-state index >= 15 is 0 Å². The number of nitrogen functional groups attached to an aromatic ring is 1. The first-order valence-electron chi connectivity index (χ1n) is 7.28. The number of anilines is 1. The lowest BCUT2D eigenvalue weighted by Gasteiger charge is -2.29. The molecule has 1 fully saturated rings. The van der Waals surface area contributed by atoms with E-state index < -0.39 is 10.2 Å². The lowest BCUT2D eigenvalue weighted by Crippen LogP contribution is -2.43. The summed E-state index contributed by atoms with van der Waals surface area (Å²) in [6, 6.07) is 1.42. The van der Waals surface area contributed by atoms with Gasteiger partial charge in [-0.05, 0) is 19.8 Å². The highest BCUT2D eigenvalue weighted by Gasteiger charge is 2.38. The Morgan fingerprint density at radius 3 is 2.62 bits per heavy atom. The third kappa shape index (κ3) is 3.17. The highest BCUT2D eigenvalue weighted by molar-refractivity contribution is 7.86. The van der Waals surface area contributed by atoms with Crippen molar-refractivity contribution in [2.75, 3.05) is 25.4 Å². The summed E-state index contributed by atoms with van der Waals surface area (Å²) in [7, 11) is -3.46. The second-order valence-corrected chi connectivity index (χ2v) is 7.01. The zero-order valence-corrected chi connectivity index (χ0v) is 13.6. The third-order valence-corrected chi connectivity index (χ3v) is 5.95. The molecule has 1 aromatic rings. The van der Waals surface area contributed by atoms with Gasteiger partial charge in [0.1, 0.15) is 11.6 Å². The topological polar surface area (TPSA) is 92.4 Å². The van der Waals surface area contributed by atoms with Gasteiger partial charge < -0.3 is 5.73 Å². The molecular formula is C13H23N5O2S. The van der Waals surface area contributed by atoms with E-state index in [2.05, 4.69) is 9.97 Å². The van der Waals surface area contributed by atoms with Crippen LogP contribution in [0.3, 0.4) is 0 Å². The molecule has 0 aliphatic carbocycles. The molecule has 0 radical (unpaired) electrons. The van der Waals surface area contributed by atoms with Crippen LogP contribution in [0, 0.1) is 6.92 Å². The average Bonchev–Trinajstić information content (AvgIpc) is 2.88. The first-order chi connectivity index (χ1) is 9.90. The highest BCUT2D eigenvalue weighted by atomic mass is 32.2. The Bertz CT molecular complexity index is 580. The summed E-state index contributed by atoms with van der Waals surface area (Å²) in [4.78, 5) is 8.42. The summed E-state index contributed by atoms with van der Waals surface area (Å²) in [6.07, 6.45) is 1.59. The minimum atomic E-state index is -3.46. The fraction of sp³-hybridized carbons (Fsp3) is 0.692. The van der Waals surface area contributed by atoms with Gasteiger partial charge in [0.2, 0.25) is 0 Å². The van der Waals surface area contributed by atoms with Gasteiger partial charge in [0.25, 0.3) is 10.2 Å². The Labute approximate surface area is 126 Å². The van der Waals surface area contributed by atoms with Crippen LogP contribution in [0.25, 0.3) is 0 Å². The van der Waals surface area contributed by atoms with Crippen LogP contribution in [0.4, 0.5) is 5.82 Å². The molecule has 0 bridgehead atoms. The monoisotopic (exact) mass is 313 g/mol. The van der Waals surface area contributed by atoms with Crippen LogP contribution in [-0.4, -0.2) is 46.6 Å². The van der Waals surface area contributed by atoms with Crippen molar-refractivity contribution in [3.63, 3.8) is 0 Å². The smallest absolute Gasteiger partial charge is 0.282 e. The van der Waals surface area contributed by atoms with Crippen molar-refractivity contribution >= 4 is 16.0 Å². The predicted octanol–water partition coefficient (Wildman–Crippen LogP) is 1.09. The van der Waals surface area contributed by atoms with Crippen molar-refractivity contribution in [2.45, 2.75) is 39.7 Å². The standard InChI is InChI=1S/C13H23N5O2S/c1-4-17(5-2)21(19,20)18-8-6-7-12(18)11-9-13(14)16-10(3)15-11/h9,12H,4-8H2,1-3H3,(H2,14,15,16). The number of nitrogens with zero attached hydrogens (tertiary/aromatic N) is 4. The van der Waals surface area contributed by atoms with Gasteiger partial charge in [0.05, 0.1) is 11.7 Å². The summed E-state index contributed by atoms with van der Waals surface area (Å²) in [5.41, 5.74) is 6.45. The lowest BCUT2D eigenvalue weighted by atomic mass is 10.1. The lowest BCUT2D eigenvalue weighted by molar-refractivity contribution is 0.334. The molecule has 7 nitrogen and oxygen atoms in total. The van der Waals surface area contributed by atoms with Crippen LogP contribution >= 0.6 is 0 Å². The van der Waals surface area contributed by atoms with Crippen LogP contribution in [0.15, 0.2) is 6.07 Å². The molecule has 2 rings (SSSR count). The number of rotatable bonds is 5. The second-order valence-electron chi connectivity index (χ2n) is 5.13. The fourth-order valence-electron chi connectivity index (χ4n) is 2.80. The molecule has 21 heavy (non-hydrogen) atoms. The van der Waals surface area contributed by atoms with E-state index in [1.807, 2.05) is 13.8 Å². The van der Waals surface area contributed by atoms with Crippen molar-refractivity contribution in [1.82, 2.24) is 18.6 Å². The Morgan fingerprint density at radius 1 is 1.38 bits per heavy atom. The van der Waals surface area contributed by atoms with Gasteiger partial charge in [-0.2, -0.15) is 17.0 Å². The molecule has 0 aromatic carbocycles. The maximum absolute atomic E-state index is 12.7. The molecule has 2 heterocycles. The highest BCUT2D eigenvalue weighted by Crippen LogP contribution is 2.34. The van der Waals surface area contributed by atoms with Crippen molar-refractivity contribution in [3.05, 3.63) is 17.6 Å². The maximum atomic E-state index is 12.7. The molecule has 1 unspecified atom stereocenters. The van der Waals surface area contributed by atoms with Crippen molar-refractivity contribution in [2.24, 2.45) is 0 Å². The van der Waals surface area contributed by atoms with E-state index in [0.717, 1.165) is 12.8 Å². The molecule has 1 saturated heterocycles. The van der Waals surface area contributed by atoms with Gasteiger partial charge in [-0.1, -0.05) is 13.8 Å². The quantitative estimate of drug-likeness (QED) is 0.878. The first-order valence-corrected chi connectivity index (χ1v) is 8.67. The Kier molecular flexibility index (Phi) is 4.80. The minimum Gasteiger partial charge on any atom is -0.384 e. The Hall–Kier alpha value is -1.25. The predicted molar refractivity (Wildman–Crippen MR) is 81.7 cm³/mol. The molecule has 1 aliphatic heterocycles. The Balaban J connectivity index is 2.36. The second kappa shape index (κ2) is 6.25. The summed E-state index contributed by atoms with van der Waals surface area (Å²) >= 11 is 0. The molecule has 2 N–H and O–H groups in total. The molecule has 0 spiro atoms. The third-order valence-electron chi connectivity index (χ3n) is 3.75. The van der Waals surface area contributed by atoms with E-state index in [4.69, 9.17) is 5.73 Å². The summed E-state index contributed by atoms with van der Waals surface area (Å²) in [6.45, 7) is 6.91. The molecule has 1 aliphatic rings. The summed E-state index contributed by atoms with van der Waals surface area (Å²) in [5.74, 6) is 0.946. The van der Waals surface area contributed by atoms with Gasteiger partial charge >= 0.3 is 0 Å². The molecule has 118 valence electrons. The number of hydrogen-bond donors (Lipinski definition) is 1. The molecular weight excluding hydrogens is 290 g/mol. The van der Waals surface area contributed by atoms with Crippen LogP contribution in [0.1, 0.15) is 44.2 Å². The molecule has 1 aromatic heterocycles. The number of nitrogens with two attached hydrogens (primary N) is 1. The normalized spacial score (nSPS) is 20.3. The van der Waals surface area contributed by atoms with Gasteiger partial charge in [0, 0.05) is 25.7 Å². The number of aryl methyl sites for hydroxylation is 1. The maximum Gasteiger partial charge on any atom is 0.282 e. The van der Waals surface area contributed by atoms with Crippen LogP contribution in [-0.2, 0) is 10.2 Å². The average molecular weight is 313 g/mol. The minimum absolute atomic E-state index is 0.250. The van der Waals surface area contributed by atoms with Gasteiger partial charge in [-0.15, -0.1) is 0 Å². The van der Waals surface area contributed by atoms with E-state index in [9.17, 15) is 8.42 Å². The molecule has 0 amide bonds. The van der Waals surface area contributed by atoms with Crippen LogP contribution in [0.2, 0.25) is 0 Å². The zero-order chi connectivity index (χ0) is 15.6. The van der Waals surface area contributed by atoms with Crippen molar-refractivity contribution in [1.29, 1.82) is 0 Å². The van der Waals surface area contributed by atoms with Crippen molar-refractivity contribution < 1.29 is 8.42 Å². The zero-order valence-electron chi connectivity index (χ0n) is 12.8. The van der Waals surface area contributed by atoms with Gasteiger partial charge in [0.15, 0.2) is 0 Å². The molecule has 8 heteroatoms. The van der Waals surface area contributed by atoms with E-state index in [1.54, 1.807) is 17.3 Å².